The first kappa shape index (κ1) is 22.3. The minimum absolute atomic E-state index is 0.00319. The summed E-state index contributed by atoms with van der Waals surface area (Å²) in [6, 6.07) is 7.40. The first-order chi connectivity index (χ1) is 14.0. The summed E-state index contributed by atoms with van der Waals surface area (Å²) in [6.45, 7) is -0.500. The Morgan fingerprint density at radius 3 is 2.27 bits per heavy atom. The molecule has 0 radical (unpaired) electrons. The number of sulfonamides is 1. The second-order valence-electron chi connectivity index (χ2n) is 6.60. The molecule has 0 N–H and O–H groups in total. The van der Waals surface area contributed by atoms with Crippen LogP contribution in [0.4, 0.5) is 13.2 Å². The Hall–Kier alpha value is -2.37. The summed E-state index contributed by atoms with van der Waals surface area (Å²) < 4.78 is 65.9. The van der Waals surface area contributed by atoms with Gasteiger partial charge in [0.15, 0.2) is 0 Å². The third-order valence-corrected chi connectivity index (χ3v) is 7.06. The number of aromatic nitrogens is 1. The van der Waals surface area contributed by atoms with Gasteiger partial charge in [0.05, 0.1) is 10.6 Å². The van der Waals surface area contributed by atoms with Crippen LogP contribution in [0.2, 0.25) is 5.02 Å². The second-order valence-corrected chi connectivity index (χ2v) is 8.91. The molecule has 12 heteroatoms. The molecule has 0 spiro atoms. The molecule has 1 aliphatic rings. The van der Waals surface area contributed by atoms with Gasteiger partial charge in [-0.2, -0.15) is 17.5 Å². The Labute approximate surface area is 175 Å². The molecule has 7 nitrogen and oxygen atoms in total. The molecule has 2 aromatic rings. The molecule has 0 saturated carbocycles. The Bertz CT molecular complexity index is 1110. The molecule has 1 saturated heterocycles. The molecule has 0 unspecified atom stereocenters. The predicted octanol–water partition coefficient (Wildman–Crippen LogP) is 2.05. The number of pyridine rings is 1. The number of piperazine rings is 1. The van der Waals surface area contributed by atoms with Crippen molar-refractivity contribution in [1.29, 1.82) is 0 Å². The van der Waals surface area contributed by atoms with E-state index in [2.05, 4.69) is 0 Å². The molecule has 0 bridgehead atoms. The van der Waals surface area contributed by atoms with Gasteiger partial charge in [-0.3, -0.25) is 9.59 Å². The van der Waals surface area contributed by atoms with Crippen molar-refractivity contribution in [2.45, 2.75) is 17.6 Å². The number of benzene rings is 1. The maximum Gasteiger partial charge on any atom is 0.417 e. The summed E-state index contributed by atoms with van der Waals surface area (Å²) in [5.41, 5.74) is -1.78. The van der Waals surface area contributed by atoms with E-state index >= 15 is 0 Å². The van der Waals surface area contributed by atoms with E-state index < -0.39 is 39.8 Å². The summed E-state index contributed by atoms with van der Waals surface area (Å²) in [4.78, 5) is 25.5. The van der Waals surface area contributed by atoms with E-state index in [1.165, 1.54) is 21.3 Å². The topological polar surface area (TPSA) is 79.7 Å². The zero-order valence-corrected chi connectivity index (χ0v) is 17.0. The number of carbonyl (C=O) groups excluding carboxylic acids is 1. The number of carbonyl (C=O) groups is 1. The van der Waals surface area contributed by atoms with E-state index in [1.54, 1.807) is 12.1 Å². The molecule has 30 heavy (non-hydrogen) atoms. The Morgan fingerprint density at radius 2 is 1.67 bits per heavy atom. The fraction of sp³-hybridized carbons (Fsp3) is 0.333. The van der Waals surface area contributed by atoms with E-state index in [1.807, 2.05) is 0 Å². The van der Waals surface area contributed by atoms with E-state index in [9.17, 15) is 31.2 Å². The van der Waals surface area contributed by atoms with Gasteiger partial charge >= 0.3 is 6.18 Å². The molecule has 162 valence electrons. The van der Waals surface area contributed by atoms with Crippen molar-refractivity contribution >= 4 is 27.5 Å². The van der Waals surface area contributed by atoms with E-state index in [0.717, 1.165) is 6.07 Å². The summed E-state index contributed by atoms with van der Waals surface area (Å²) in [6.07, 6.45) is -4.05. The van der Waals surface area contributed by atoms with Crippen LogP contribution in [0.5, 0.6) is 0 Å². The minimum atomic E-state index is -4.64. The number of rotatable bonds is 4. The van der Waals surface area contributed by atoms with Crippen LogP contribution in [0.1, 0.15) is 5.56 Å². The van der Waals surface area contributed by atoms with Crippen molar-refractivity contribution in [3.63, 3.8) is 0 Å². The predicted molar refractivity (Wildman–Crippen MR) is 102 cm³/mol. The highest BCUT2D eigenvalue weighted by atomic mass is 35.5. The van der Waals surface area contributed by atoms with Gasteiger partial charge in [-0.1, -0.05) is 23.7 Å². The quantitative estimate of drug-likeness (QED) is 0.695. The SMILES string of the molecule is O=C(Cn1cc(C(F)(F)F)ccc1=O)N1CCN(S(=O)(=O)c2ccccc2Cl)CC1. The molecule has 1 aliphatic heterocycles. The highest BCUT2D eigenvalue weighted by Gasteiger charge is 2.33. The number of amides is 1. The Kier molecular flexibility index (Phi) is 6.25. The van der Waals surface area contributed by atoms with Crippen LogP contribution < -0.4 is 5.56 Å². The van der Waals surface area contributed by atoms with E-state index in [4.69, 9.17) is 11.6 Å². The third kappa shape index (κ3) is 4.68. The van der Waals surface area contributed by atoms with Gasteiger partial charge in [-0.25, -0.2) is 8.42 Å². The Balaban J connectivity index is 1.68. The lowest BCUT2D eigenvalue weighted by Gasteiger charge is -2.34. The lowest BCUT2D eigenvalue weighted by atomic mass is 10.2. The summed E-state index contributed by atoms with van der Waals surface area (Å²) >= 11 is 5.97. The standard InChI is InChI=1S/C18H17ClF3N3O4S/c19-14-3-1-2-4-15(14)30(28,29)25-9-7-23(8-10-25)17(27)12-24-11-13(18(20,21)22)5-6-16(24)26/h1-6,11H,7-10,12H2. The number of hydrogen-bond acceptors (Lipinski definition) is 4. The van der Waals surface area contributed by atoms with Crippen LogP contribution >= 0.6 is 11.6 Å². The highest BCUT2D eigenvalue weighted by molar-refractivity contribution is 7.89. The smallest absolute Gasteiger partial charge is 0.339 e. The van der Waals surface area contributed by atoms with Crippen molar-refractivity contribution in [2.24, 2.45) is 0 Å². The van der Waals surface area contributed by atoms with Gasteiger partial charge < -0.3 is 9.47 Å². The van der Waals surface area contributed by atoms with Crippen LogP contribution in [-0.4, -0.2) is 54.3 Å². The molecule has 0 aliphatic carbocycles. The normalized spacial score (nSPS) is 15.9. The largest absolute Gasteiger partial charge is 0.417 e. The van der Waals surface area contributed by atoms with Gasteiger partial charge in [-0.15, -0.1) is 0 Å². The molecule has 3 rings (SSSR count). The van der Waals surface area contributed by atoms with Crippen LogP contribution in [0.25, 0.3) is 0 Å². The van der Waals surface area contributed by atoms with Gasteiger partial charge in [0.1, 0.15) is 11.4 Å². The molecule has 1 aromatic carbocycles. The van der Waals surface area contributed by atoms with Gasteiger partial charge in [-0.05, 0) is 18.2 Å². The zero-order chi connectivity index (χ0) is 22.1. The second kappa shape index (κ2) is 8.40. The van der Waals surface area contributed by atoms with Crippen LogP contribution in [0.15, 0.2) is 52.3 Å². The zero-order valence-electron chi connectivity index (χ0n) is 15.5. The average Bonchev–Trinajstić information content (AvgIpc) is 2.69. The van der Waals surface area contributed by atoms with Gasteiger partial charge in [0, 0.05) is 38.4 Å². The number of hydrogen-bond donors (Lipinski definition) is 0. The van der Waals surface area contributed by atoms with Crippen LogP contribution in [0, 0.1) is 0 Å². The Morgan fingerprint density at radius 1 is 1.03 bits per heavy atom. The molecule has 1 fully saturated rings. The van der Waals surface area contributed by atoms with E-state index in [-0.39, 0.29) is 36.1 Å². The molecule has 2 heterocycles. The summed E-state index contributed by atoms with van der Waals surface area (Å²) in [5.74, 6) is -0.578. The van der Waals surface area contributed by atoms with Crippen molar-refractivity contribution in [3.8, 4) is 0 Å². The van der Waals surface area contributed by atoms with Crippen molar-refractivity contribution in [3.05, 3.63) is 63.5 Å². The number of alkyl halides is 3. The molecular weight excluding hydrogens is 447 g/mol. The van der Waals surface area contributed by atoms with E-state index in [0.29, 0.717) is 16.8 Å². The number of halogens is 4. The van der Waals surface area contributed by atoms with Gasteiger partial charge in [0.2, 0.25) is 15.9 Å². The van der Waals surface area contributed by atoms with Crippen molar-refractivity contribution < 1.29 is 26.4 Å². The third-order valence-electron chi connectivity index (χ3n) is 4.66. The fourth-order valence-corrected chi connectivity index (χ4v) is 4.95. The molecule has 0 atom stereocenters. The molecule has 1 aromatic heterocycles. The molecule has 1 amide bonds. The van der Waals surface area contributed by atoms with Gasteiger partial charge in [0.25, 0.3) is 5.56 Å². The first-order valence-corrected chi connectivity index (χ1v) is 10.6. The molecular formula is C18H17ClF3N3O4S. The lowest BCUT2D eigenvalue weighted by Crippen LogP contribution is -2.51. The maximum atomic E-state index is 12.8. The summed E-state index contributed by atoms with van der Waals surface area (Å²) in [7, 11) is -3.85. The van der Waals surface area contributed by atoms with Crippen LogP contribution in [-0.2, 0) is 27.5 Å². The first-order valence-electron chi connectivity index (χ1n) is 8.80. The van der Waals surface area contributed by atoms with Crippen LogP contribution in [0.3, 0.4) is 0 Å². The van der Waals surface area contributed by atoms with Crippen molar-refractivity contribution in [1.82, 2.24) is 13.8 Å². The monoisotopic (exact) mass is 463 g/mol. The highest BCUT2D eigenvalue weighted by Crippen LogP contribution is 2.28. The minimum Gasteiger partial charge on any atom is -0.339 e. The average molecular weight is 464 g/mol. The maximum absolute atomic E-state index is 12.8. The summed E-state index contributed by atoms with van der Waals surface area (Å²) in [5, 5.41) is 0.0833. The lowest BCUT2D eigenvalue weighted by molar-refractivity contribution is -0.139. The number of nitrogens with zero attached hydrogens (tertiary/aromatic N) is 3. The van der Waals surface area contributed by atoms with Crippen molar-refractivity contribution in [2.75, 3.05) is 26.2 Å². The fourth-order valence-electron chi connectivity index (χ4n) is 3.04.